The van der Waals surface area contributed by atoms with E-state index in [2.05, 4.69) is 61.6 Å². The SMILES string of the molecule is CC(C)c1cc2nc(C(C)C)ccn2c1. The molecule has 0 aromatic carbocycles. The van der Waals surface area contributed by atoms with E-state index in [0.717, 1.165) is 11.3 Å². The van der Waals surface area contributed by atoms with Crippen molar-refractivity contribution in [3.05, 3.63) is 35.8 Å². The van der Waals surface area contributed by atoms with Crippen LogP contribution in [-0.2, 0) is 0 Å². The maximum absolute atomic E-state index is 4.64. The van der Waals surface area contributed by atoms with Gasteiger partial charge in [-0.3, -0.25) is 0 Å². The Labute approximate surface area is 91.0 Å². The molecule has 80 valence electrons. The fraction of sp³-hybridized carbons (Fsp3) is 0.462. The van der Waals surface area contributed by atoms with Crippen molar-refractivity contribution in [2.45, 2.75) is 39.5 Å². The van der Waals surface area contributed by atoms with Gasteiger partial charge in [0.1, 0.15) is 5.65 Å². The minimum atomic E-state index is 0.493. The highest BCUT2D eigenvalue weighted by Gasteiger charge is 2.06. The summed E-state index contributed by atoms with van der Waals surface area (Å²) < 4.78 is 2.10. The summed E-state index contributed by atoms with van der Waals surface area (Å²) >= 11 is 0. The second-order valence-electron chi connectivity index (χ2n) is 4.70. The zero-order valence-corrected chi connectivity index (χ0v) is 9.86. The molecule has 0 amide bonds. The van der Waals surface area contributed by atoms with Gasteiger partial charge in [-0.05, 0) is 29.5 Å². The van der Waals surface area contributed by atoms with Crippen molar-refractivity contribution >= 4 is 5.65 Å². The van der Waals surface area contributed by atoms with Gasteiger partial charge in [0.25, 0.3) is 0 Å². The van der Waals surface area contributed by atoms with Crippen LogP contribution in [0.25, 0.3) is 5.65 Å². The van der Waals surface area contributed by atoms with E-state index in [9.17, 15) is 0 Å². The first-order valence-corrected chi connectivity index (χ1v) is 5.56. The topological polar surface area (TPSA) is 17.3 Å². The molecule has 0 bridgehead atoms. The minimum Gasteiger partial charge on any atom is -0.308 e. The normalized spacial score (nSPS) is 11.9. The van der Waals surface area contributed by atoms with Crippen LogP contribution >= 0.6 is 0 Å². The molecule has 0 aliphatic heterocycles. The fourth-order valence-corrected chi connectivity index (χ4v) is 1.66. The Kier molecular flexibility index (Phi) is 2.51. The van der Waals surface area contributed by atoms with Crippen LogP contribution in [0, 0.1) is 0 Å². The fourth-order valence-electron chi connectivity index (χ4n) is 1.66. The summed E-state index contributed by atoms with van der Waals surface area (Å²) in [6.45, 7) is 8.76. The Morgan fingerprint density at radius 1 is 1.13 bits per heavy atom. The highest BCUT2D eigenvalue weighted by molar-refractivity contribution is 5.44. The predicted molar refractivity (Wildman–Crippen MR) is 63.4 cm³/mol. The Balaban J connectivity index is 2.52. The number of nitrogens with zero attached hydrogens (tertiary/aromatic N) is 2. The average Bonchev–Trinajstić information content (AvgIpc) is 2.59. The summed E-state index contributed by atoms with van der Waals surface area (Å²) in [5, 5.41) is 0. The first-order chi connectivity index (χ1) is 7.08. The van der Waals surface area contributed by atoms with Gasteiger partial charge in [-0.2, -0.15) is 0 Å². The van der Waals surface area contributed by atoms with E-state index in [1.165, 1.54) is 5.56 Å². The van der Waals surface area contributed by atoms with Crippen LogP contribution in [0.3, 0.4) is 0 Å². The predicted octanol–water partition coefficient (Wildman–Crippen LogP) is 3.58. The third-order valence-electron chi connectivity index (χ3n) is 2.76. The molecule has 2 aromatic heterocycles. The molecule has 2 heteroatoms. The highest BCUT2D eigenvalue weighted by Crippen LogP contribution is 2.19. The van der Waals surface area contributed by atoms with Gasteiger partial charge in [0, 0.05) is 18.1 Å². The molecule has 0 unspecified atom stereocenters. The van der Waals surface area contributed by atoms with Crippen molar-refractivity contribution in [2.24, 2.45) is 0 Å². The van der Waals surface area contributed by atoms with Crippen molar-refractivity contribution in [3.8, 4) is 0 Å². The molecule has 0 saturated carbocycles. The lowest BCUT2D eigenvalue weighted by molar-refractivity contribution is 0.819. The summed E-state index contributed by atoms with van der Waals surface area (Å²) in [5.41, 5.74) is 3.57. The summed E-state index contributed by atoms with van der Waals surface area (Å²) in [6.07, 6.45) is 4.26. The molecule has 0 fully saturated rings. The van der Waals surface area contributed by atoms with Gasteiger partial charge in [0.15, 0.2) is 0 Å². The van der Waals surface area contributed by atoms with E-state index in [-0.39, 0.29) is 0 Å². The van der Waals surface area contributed by atoms with Crippen LogP contribution in [0.5, 0.6) is 0 Å². The molecule has 0 aliphatic rings. The molecule has 0 radical (unpaired) electrons. The molecule has 0 aliphatic carbocycles. The van der Waals surface area contributed by atoms with Crippen molar-refractivity contribution in [3.63, 3.8) is 0 Å². The second kappa shape index (κ2) is 3.69. The first-order valence-electron chi connectivity index (χ1n) is 5.56. The van der Waals surface area contributed by atoms with Gasteiger partial charge in [-0.15, -0.1) is 0 Å². The minimum absolute atomic E-state index is 0.493. The molecule has 2 aromatic rings. The number of aromatic nitrogens is 2. The van der Waals surface area contributed by atoms with Gasteiger partial charge < -0.3 is 4.40 Å². The molecular weight excluding hydrogens is 184 g/mol. The first kappa shape index (κ1) is 10.2. The Hall–Kier alpha value is -1.31. The lowest BCUT2D eigenvalue weighted by Crippen LogP contribution is -1.94. The zero-order valence-electron chi connectivity index (χ0n) is 9.86. The van der Waals surface area contributed by atoms with Crippen LogP contribution in [0.4, 0.5) is 0 Å². The molecule has 0 N–H and O–H groups in total. The van der Waals surface area contributed by atoms with E-state index >= 15 is 0 Å². The average molecular weight is 202 g/mol. The lowest BCUT2D eigenvalue weighted by Gasteiger charge is -2.03. The van der Waals surface area contributed by atoms with Crippen molar-refractivity contribution in [1.82, 2.24) is 9.38 Å². The third kappa shape index (κ3) is 1.89. The van der Waals surface area contributed by atoms with Gasteiger partial charge in [-0.25, -0.2) is 4.98 Å². The van der Waals surface area contributed by atoms with Gasteiger partial charge in [0.05, 0.1) is 0 Å². The molecule has 0 spiro atoms. The van der Waals surface area contributed by atoms with Crippen LogP contribution in [-0.4, -0.2) is 9.38 Å². The number of hydrogen-bond acceptors (Lipinski definition) is 1. The maximum Gasteiger partial charge on any atom is 0.137 e. The summed E-state index contributed by atoms with van der Waals surface area (Å²) in [5.74, 6) is 1.06. The number of fused-ring (bicyclic) bond motifs is 1. The summed E-state index contributed by atoms with van der Waals surface area (Å²) in [4.78, 5) is 4.64. The van der Waals surface area contributed by atoms with E-state index in [1.54, 1.807) is 0 Å². The highest BCUT2D eigenvalue weighted by atomic mass is 15.0. The lowest BCUT2D eigenvalue weighted by atomic mass is 10.1. The van der Waals surface area contributed by atoms with Gasteiger partial charge in [-0.1, -0.05) is 27.7 Å². The summed E-state index contributed by atoms with van der Waals surface area (Å²) in [7, 11) is 0. The van der Waals surface area contributed by atoms with E-state index in [4.69, 9.17) is 0 Å². The zero-order chi connectivity index (χ0) is 11.0. The standard InChI is InChI=1S/C13H18N2/c1-9(2)11-7-13-14-12(10(3)4)5-6-15(13)8-11/h5-10H,1-4H3. The quantitative estimate of drug-likeness (QED) is 0.727. The van der Waals surface area contributed by atoms with Crippen molar-refractivity contribution in [1.29, 1.82) is 0 Å². The molecule has 2 rings (SSSR count). The number of hydrogen-bond donors (Lipinski definition) is 0. The van der Waals surface area contributed by atoms with Crippen LogP contribution in [0.2, 0.25) is 0 Å². The van der Waals surface area contributed by atoms with Crippen LogP contribution in [0.1, 0.15) is 50.8 Å². The van der Waals surface area contributed by atoms with Crippen LogP contribution in [0.15, 0.2) is 24.5 Å². The van der Waals surface area contributed by atoms with E-state index in [1.807, 2.05) is 0 Å². The Morgan fingerprint density at radius 2 is 1.87 bits per heavy atom. The molecule has 2 nitrogen and oxygen atoms in total. The van der Waals surface area contributed by atoms with Crippen molar-refractivity contribution in [2.75, 3.05) is 0 Å². The largest absolute Gasteiger partial charge is 0.308 e. The molecular formula is C13H18N2. The van der Waals surface area contributed by atoms with Crippen LogP contribution < -0.4 is 0 Å². The molecule has 15 heavy (non-hydrogen) atoms. The number of rotatable bonds is 2. The maximum atomic E-state index is 4.64. The van der Waals surface area contributed by atoms with E-state index in [0.29, 0.717) is 11.8 Å². The second-order valence-corrected chi connectivity index (χ2v) is 4.70. The van der Waals surface area contributed by atoms with Crippen molar-refractivity contribution < 1.29 is 0 Å². The molecule has 0 atom stereocenters. The monoisotopic (exact) mass is 202 g/mol. The summed E-state index contributed by atoms with van der Waals surface area (Å²) in [6, 6.07) is 4.28. The van der Waals surface area contributed by atoms with Gasteiger partial charge in [0.2, 0.25) is 0 Å². The van der Waals surface area contributed by atoms with Gasteiger partial charge >= 0.3 is 0 Å². The smallest absolute Gasteiger partial charge is 0.137 e. The molecule has 2 heterocycles. The third-order valence-corrected chi connectivity index (χ3v) is 2.76. The Morgan fingerprint density at radius 3 is 2.47 bits per heavy atom. The molecule has 0 saturated heterocycles. The Bertz CT molecular complexity index is 460. The van der Waals surface area contributed by atoms with E-state index < -0.39 is 0 Å².